The summed E-state index contributed by atoms with van der Waals surface area (Å²) in [6.45, 7) is 6.57. The highest BCUT2D eigenvalue weighted by Gasteiger charge is 2.42. The van der Waals surface area contributed by atoms with Gasteiger partial charge in [-0.25, -0.2) is 0 Å². The third-order valence-electron chi connectivity index (χ3n) is 2.87. The van der Waals surface area contributed by atoms with Gasteiger partial charge in [0.2, 0.25) is 0 Å². The van der Waals surface area contributed by atoms with Crippen LogP contribution in [0.4, 0.5) is 0 Å². The van der Waals surface area contributed by atoms with Crippen molar-refractivity contribution in [1.29, 1.82) is 0 Å². The van der Waals surface area contributed by atoms with Crippen LogP contribution in [0.3, 0.4) is 0 Å². The average molecular weight is 229 g/mol. The first-order valence-electron chi connectivity index (χ1n) is 5.87. The fourth-order valence-corrected chi connectivity index (χ4v) is 1.73. The van der Waals surface area contributed by atoms with Gasteiger partial charge in [-0.1, -0.05) is 5.16 Å². The second-order valence-electron chi connectivity index (χ2n) is 4.86. The molecule has 0 aromatic heterocycles. The van der Waals surface area contributed by atoms with Gasteiger partial charge in [0.05, 0.1) is 12.7 Å². The lowest BCUT2D eigenvalue weighted by atomic mass is 10.0. The lowest BCUT2D eigenvalue weighted by Crippen LogP contribution is -2.30. The molecular weight excluding hydrogens is 206 g/mol. The monoisotopic (exact) mass is 229 g/mol. The van der Waals surface area contributed by atoms with Crippen LogP contribution in [0.1, 0.15) is 33.1 Å². The fraction of sp³-hybridized carbons (Fsp3) is 0.909. The molecule has 16 heavy (non-hydrogen) atoms. The van der Waals surface area contributed by atoms with Crippen molar-refractivity contribution >= 4 is 5.84 Å². The van der Waals surface area contributed by atoms with E-state index in [2.05, 4.69) is 10.5 Å². The van der Waals surface area contributed by atoms with Gasteiger partial charge in [0, 0.05) is 19.5 Å². The molecule has 0 unspecified atom stereocenters. The van der Waals surface area contributed by atoms with E-state index in [1.165, 1.54) is 0 Å². The largest absolute Gasteiger partial charge is 0.409 e. The van der Waals surface area contributed by atoms with Gasteiger partial charge >= 0.3 is 0 Å². The summed E-state index contributed by atoms with van der Waals surface area (Å²) < 4.78 is 5.43. The molecule has 4 N–H and O–H groups in total. The summed E-state index contributed by atoms with van der Waals surface area (Å²) in [6.07, 6.45) is 3.28. The maximum absolute atomic E-state index is 8.52. The molecule has 0 radical (unpaired) electrons. The molecule has 1 rings (SSSR count). The predicted octanol–water partition coefficient (Wildman–Crippen LogP) is 0.918. The summed E-state index contributed by atoms with van der Waals surface area (Å²) in [5.41, 5.74) is 5.75. The molecule has 0 atom stereocenters. The molecule has 0 aromatic carbocycles. The Bertz CT molecular complexity index is 237. The zero-order valence-corrected chi connectivity index (χ0v) is 10.2. The molecule has 0 amide bonds. The molecule has 0 aliphatic heterocycles. The molecule has 5 heteroatoms. The van der Waals surface area contributed by atoms with Gasteiger partial charge in [0.15, 0.2) is 0 Å². The van der Waals surface area contributed by atoms with Crippen LogP contribution < -0.4 is 11.1 Å². The molecule has 5 nitrogen and oxygen atoms in total. The number of hydrogen-bond donors (Lipinski definition) is 3. The highest BCUT2D eigenvalue weighted by atomic mass is 16.5. The first-order valence-corrected chi connectivity index (χ1v) is 5.87. The maximum Gasteiger partial charge on any atom is 0.139 e. The number of hydrogen-bond acceptors (Lipinski definition) is 4. The van der Waals surface area contributed by atoms with Crippen LogP contribution in [0.5, 0.6) is 0 Å². The molecule has 0 spiro atoms. The van der Waals surface area contributed by atoms with Crippen LogP contribution >= 0.6 is 0 Å². The van der Waals surface area contributed by atoms with Gasteiger partial charge in [-0.15, -0.1) is 0 Å². The van der Waals surface area contributed by atoms with Crippen LogP contribution in [0.25, 0.3) is 0 Å². The molecule has 1 fully saturated rings. The van der Waals surface area contributed by atoms with Gasteiger partial charge in [-0.3, -0.25) is 0 Å². The minimum absolute atomic E-state index is 0.230. The highest BCUT2D eigenvalue weighted by molar-refractivity contribution is 5.80. The number of amidine groups is 1. The van der Waals surface area contributed by atoms with Crippen LogP contribution in [0, 0.1) is 5.41 Å². The number of nitrogens with two attached hydrogens (primary N) is 1. The summed E-state index contributed by atoms with van der Waals surface area (Å²) in [5, 5.41) is 14.9. The number of nitrogens with zero attached hydrogens (tertiary/aromatic N) is 1. The van der Waals surface area contributed by atoms with Gasteiger partial charge < -0.3 is 21.0 Å². The number of oxime groups is 1. The summed E-state index contributed by atoms with van der Waals surface area (Å²) in [4.78, 5) is 0. The zero-order chi connectivity index (χ0) is 12.0. The summed E-state index contributed by atoms with van der Waals surface area (Å²) in [6, 6.07) is 0. The van der Waals surface area contributed by atoms with Crippen molar-refractivity contribution in [3.05, 3.63) is 0 Å². The molecule has 1 aliphatic carbocycles. The third-order valence-corrected chi connectivity index (χ3v) is 2.87. The summed E-state index contributed by atoms with van der Waals surface area (Å²) >= 11 is 0. The van der Waals surface area contributed by atoms with E-state index in [-0.39, 0.29) is 11.5 Å². The fourth-order valence-electron chi connectivity index (χ4n) is 1.73. The maximum atomic E-state index is 8.52. The van der Waals surface area contributed by atoms with Crippen LogP contribution in [0.2, 0.25) is 0 Å². The van der Waals surface area contributed by atoms with Crippen molar-refractivity contribution < 1.29 is 9.94 Å². The van der Waals surface area contributed by atoms with Crippen LogP contribution in [-0.4, -0.2) is 36.8 Å². The number of nitrogens with one attached hydrogen (secondary N) is 1. The average Bonchev–Trinajstić information content (AvgIpc) is 2.97. The Morgan fingerprint density at radius 3 is 2.75 bits per heavy atom. The standard InChI is InChI=1S/C11H23N3O2/c1-9(2)16-6-5-13-8-11(3-4-11)7-10(12)14-15/h9,13,15H,3-8H2,1-2H3,(H2,12,14). The Hall–Kier alpha value is -0.810. The quantitative estimate of drug-likeness (QED) is 0.190. The third kappa shape index (κ3) is 4.81. The van der Waals surface area contributed by atoms with E-state index in [4.69, 9.17) is 15.7 Å². The van der Waals surface area contributed by atoms with Crippen LogP contribution in [0.15, 0.2) is 5.16 Å². The Labute approximate surface area is 97.0 Å². The molecule has 0 saturated heterocycles. The number of ether oxygens (including phenoxy) is 1. The van der Waals surface area contributed by atoms with E-state index in [0.29, 0.717) is 12.3 Å². The van der Waals surface area contributed by atoms with E-state index in [1.54, 1.807) is 0 Å². The van der Waals surface area contributed by atoms with E-state index < -0.39 is 0 Å². The molecule has 0 heterocycles. The Morgan fingerprint density at radius 2 is 2.25 bits per heavy atom. The van der Waals surface area contributed by atoms with Crippen molar-refractivity contribution in [3.63, 3.8) is 0 Å². The van der Waals surface area contributed by atoms with Crippen molar-refractivity contribution in [2.45, 2.75) is 39.2 Å². The van der Waals surface area contributed by atoms with Crippen molar-refractivity contribution in [3.8, 4) is 0 Å². The molecule has 94 valence electrons. The SMILES string of the molecule is CC(C)OCCNCC1(CC(N)=NO)CC1. The summed E-state index contributed by atoms with van der Waals surface area (Å²) in [7, 11) is 0. The van der Waals surface area contributed by atoms with Crippen molar-refractivity contribution in [1.82, 2.24) is 5.32 Å². The molecule has 1 saturated carbocycles. The number of rotatable bonds is 8. The van der Waals surface area contributed by atoms with E-state index in [9.17, 15) is 0 Å². The van der Waals surface area contributed by atoms with Gasteiger partial charge in [0.1, 0.15) is 5.84 Å². The first kappa shape index (κ1) is 13.3. The topological polar surface area (TPSA) is 79.9 Å². The predicted molar refractivity (Wildman–Crippen MR) is 63.7 cm³/mol. The Balaban J connectivity index is 2.08. The second kappa shape index (κ2) is 6.06. The summed E-state index contributed by atoms with van der Waals surface area (Å²) in [5.74, 6) is 0.331. The van der Waals surface area contributed by atoms with Crippen molar-refractivity contribution in [2.24, 2.45) is 16.3 Å². The molecule has 0 bridgehead atoms. The smallest absolute Gasteiger partial charge is 0.139 e. The molecule has 0 aromatic rings. The van der Waals surface area contributed by atoms with Gasteiger partial charge in [0.25, 0.3) is 0 Å². The molecular formula is C11H23N3O2. The van der Waals surface area contributed by atoms with Gasteiger partial charge in [-0.2, -0.15) is 0 Å². The van der Waals surface area contributed by atoms with E-state index >= 15 is 0 Å². The lowest BCUT2D eigenvalue weighted by Gasteiger charge is -2.15. The van der Waals surface area contributed by atoms with Crippen LogP contribution in [-0.2, 0) is 4.74 Å². The van der Waals surface area contributed by atoms with Crippen molar-refractivity contribution in [2.75, 3.05) is 19.7 Å². The lowest BCUT2D eigenvalue weighted by molar-refractivity contribution is 0.0802. The Kier molecular flexibility index (Phi) is 5.02. The van der Waals surface area contributed by atoms with E-state index in [0.717, 1.165) is 32.5 Å². The minimum atomic E-state index is 0.230. The molecule has 1 aliphatic rings. The van der Waals surface area contributed by atoms with E-state index in [1.807, 2.05) is 13.8 Å². The highest BCUT2D eigenvalue weighted by Crippen LogP contribution is 2.48. The second-order valence-corrected chi connectivity index (χ2v) is 4.86. The minimum Gasteiger partial charge on any atom is -0.409 e. The Morgan fingerprint density at radius 1 is 1.56 bits per heavy atom. The van der Waals surface area contributed by atoms with Gasteiger partial charge in [-0.05, 0) is 32.1 Å². The first-order chi connectivity index (χ1) is 7.58. The zero-order valence-electron chi connectivity index (χ0n) is 10.2. The normalized spacial score (nSPS) is 19.1.